The number of ether oxygens (including phenoxy) is 2. The first-order valence-electron chi connectivity index (χ1n) is 8.36. The molecule has 29 heavy (non-hydrogen) atoms. The number of nitrogens with one attached hydrogen (secondary N) is 2. The minimum atomic E-state index is -0.334. The number of halogens is 1. The lowest BCUT2D eigenvalue weighted by Gasteiger charge is -2.11. The van der Waals surface area contributed by atoms with Crippen molar-refractivity contribution in [3.63, 3.8) is 0 Å². The van der Waals surface area contributed by atoms with Crippen LogP contribution in [0.2, 0.25) is 0 Å². The Morgan fingerprint density at radius 1 is 1.41 bits per heavy atom. The van der Waals surface area contributed by atoms with Crippen molar-refractivity contribution in [3.05, 3.63) is 45.3 Å². The summed E-state index contributed by atoms with van der Waals surface area (Å²) in [7, 11) is 3.04. The molecule has 3 aromatic rings. The van der Waals surface area contributed by atoms with Crippen LogP contribution < -0.4 is 14.8 Å². The fourth-order valence-electron chi connectivity index (χ4n) is 2.62. The molecule has 152 valence electrons. The van der Waals surface area contributed by atoms with E-state index < -0.39 is 0 Å². The fourth-order valence-corrected chi connectivity index (χ4v) is 4.34. The Hall–Kier alpha value is -2.50. The van der Waals surface area contributed by atoms with Crippen LogP contribution in [-0.4, -0.2) is 39.9 Å². The summed E-state index contributed by atoms with van der Waals surface area (Å²) in [5, 5.41) is 10.3. The van der Waals surface area contributed by atoms with Crippen molar-refractivity contribution in [2.24, 2.45) is 0 Å². The number of amides is 1. The maximum atomic E-state index is 12.8. The normalized spacial score (nSPS) is 10.6. The van der Waals surface area contributed by atoms with E-state index in [4.69, 9.17) is 21.7 Å². The molecule has 0 saturated carbocycles. The zero-order valence-electron chi connectivity index (χ0n) is 15.9. The van der Waals surface area contributed by atoms with Gasteiger partial charge in [0.15, 0.2) is 15.7 Å². The molecule has 0 aliphatic rings. The van der Waals surface area contributed by atoms with Gasteiger partial charge in [0.1, 0.15) is 16.0 Å². The summed E-state index contributed by atoms with van der Waals surface area (Å²) in [5.74, 6) is 1.30. The Balaban J connectivity index is 1.91. The van der Waals surface area contributed by atoms with Gasteiger partial charge in [0.2, 0.25) is 0 Å². The first kappa shape index (κ1) is 21.2. The van der Waals surface area contributed by atoms with Gasteiger partial charge in [-0.15, -0.1) is 6.58 Å². The van der Waals surface area contributed by atoms with E-state index in [9.17, 15) is 4.79 Å². The number of thiazole rings is 1. The standard InChI is InChI=1S/C18H18BrN5O3S2/c1-5-6-24-15(22-23-18(24)28)14-9(2)20-17(29-14)21-16(25)10-7-11(26-3)13(19)12(8-10)27-4/h5,7-8H,1,6H2,2-4H3,(H,23,28)(H,20,21,25). The molecule has 8 nitrogen and oxygen atoms in total. The zero-order chi connectivity index (χ0) is 21.1. The fraction of sp³-hybridized carbons (Fsp3) is 0.222. The van der Waals surface area contributed by atoms with Gasteiger partial charge < -0.3 is 9.47 Å². The molecule has 0 saturated heterocycles. The Bertz CT molecular complexity index is 1110. The maximum Gasteiger partial charge on any atom is 0.257 e. The summed E-state index contributed by atoms with van der Waals surface area (Å²) in [6, 6.07) is 3.25. The number of rotatable bonds is 7. The number of benzene rings is 1. The highest BCUT2D eigenvalue weighted by atomic mass is 79.9. The van der Waals surface area contributed by atoms with Gasteiger partial charge in [0.25, 0.3) is 5.91 Å². The second-order valence-electron chi connectivity index (χ2n) is 5.83. The summed E-state index contributed by atoms with van der Waals surface area (Å²) in [4.78, 5) is 18.0. The highest BCUT2D eigenvalue weighted by molar-refractivity contribution is 9.10. The molecule has 3 rings (SSSR count). The van der Waals surface area contributed by atoms with Crippen LogP contribution in [0, 0.1) is 11.7 Å². The van der Waals surface area contributed by atoms with Crippen LogP contribution in [0.5, 0.6) is 11.5 Å². The van der Waals surface area contributed by atoms with E-state index in [0.29, 0.717) is 43.8 Å². The molecular weight excluding hydrogens is 478 g/mol. The van der Waals surface area contributed by atoms with Gasteiger partial charge in [-0.3, -0.25) is 19.8 Å². The maximum absolute atomic E-state index is 12.8. The van der Waals surface area contributed by atoms with E-state index in [1.54, 1.807) is 18.2 Å². The van der Waals surface area contributed by atoms with Gasteiger partial charge in [-0.2, -0.15) is 5.10 Å². The summed E-state index contributed by atoms with van der Waals surface area (Å²) in [6.07, 6.45) is 1.74. The number of nitrogens with zero attached hydrogens (tertiary/aromatic N) is 3. The van der Waals surface area contributed by atoms with E-state index >= 15 is 0 Å². The van der Waals surface area contributed by atoms with Crippen molar-refractivity contribution in [1.82, 2.24) is 19.7 Å². The lowest BCUT2D eigenvalue weighted by Crippen LogP contribution is -2.12. The quantitative estimate of drug-likeness (QED) is 0.367. The van der Waals surface area contributed by atoms with E-state index in [1.807, 2.05) is 11.5 Å². The molecule has 0 atom stereocenters. The second-order valence-corrected chi connectivity index (χ2v) is 8.01. The average molecular weight is 496 g/mol. The number of carbonyl (C=O) groups is 1. The number of hydrogen-bond donors (Lipinski definition) is 2. The van der Waals surface area contributed by atoms with E-state index in [1.165, 1.54) is 25.6 Å². The van der Waals surface area contributed by atoms with Gasteiger partial charge in [0, 0.05) is 12.1 Å². The molecule has 0 fully saturated rings. The SMILES string of the molecule is C=CCn1c(-c2sc(NC(=O)c3cc(OC)c(Br)c(OC)c3)nc2C)n[nH]c1=S. The predicted molar refractivity (Wildman–Crippen MR) is 119 cm³/mol. The van der Waals surface area contributed by atoms with Crippen LogP contribution in [0.3, 0.4) is 0 Å². The Kier molecular flexibility index (Phi) is 6.50. The molecule has 0 bridgehead atoms. The molecule has 11 heteroatoms. The molecule has 0 aliphatic heterocycles. The molecular formula is C18H18BrN5O3S2. The topological polar surface area (TPSA) is 94.1 Å². The predicted octanol–water partition coefficient (Wildman–Crippen LogP) is 4.59. The molecule has 1 amide bonds. The number of hydrogen-bond acceptors (Lipinski definition) is 7. The molecule has 0 radical (unpaired) electrons. The number of aryl methyl sites for hydroxylation is 1. The average Bonchev–Trinajstić information content (AvgIpc) is 3.24. The second kappa shape index (κ2) is 8.89. The number of allylic oxidation sites excluding steroid dienone is 1. The van der Waals surface area contributed by atoms with Gasteiger partial charge in [0.05, 0.1) is 24.8 Å². The number of aromatic amines is 1. The van der Waals surface area contributed by atoms with Crippen molar-refractivity contribution >= 4 is 50.5 Å². The first-order chi connectivity index (χ1) is 13.9. The molecule has 0 unspecified atom stereocenters. The van der Waals surface area contributed by atoms with Crippen LogP contribution in [0.4, 0.5) is 5.13 Å². The highest BCUT2D eigenvalue weighted by Gasteiger charge is 2.19. The highest BCUT2D eigenvalue weighted by Crippen LogP contribution is 2.36. The van der Waals surface area contributed by atoms with Crippen LogP contribution in [0.25, 0.3) is 10.7 Å². The summed E-state index contributed by atoms with van der Waals surface area (Å²) in [5.41, 5.74) is 1.11. The van der Waals surface area contributed by atoms with Gasteiger partial charge >= 0.3 is 0 Å². The van der Waals surface area contributed by atoms with Crippen LogP contribution >= 0.6 is 39.5 Å². The summed E-state index contributed by atoms with van der Waals surface area (Å²) in [6.45, 7) is 6.11. The number of anilines is 1. The van der Waals surface area contributed by atoms with Gasteiger partial charge in [-0.25, -0.2) is 4.98 Å². The van der Waals surface area contributed by atoms with E-state index in [-0.39, 0.29) is 5.91 Å². The van der Waals surface area contributed by atoms with Crippen molar-refractivity contribution < 1.29 is 14.3 Å². The number of H-pyrrole nitrogens is 1. The van der Waals surface area contributed by atoms with Gasteiger partial charge in [-0.1, -0.05) is 17.4 Å². The van der Waals surface area contributed by atoms with Crippen LogP contribution in [0.15, 0.2) is 29.3 Å². The number of methoxy groups -OCH3 is 2. The van der Waals surface area contributed by atoms with Crippen LogP contribution in [0.1, 0.15) is 16.1 Å². The number of aromatic nitrogens is 4. The molecule has 2 aromatic heterocycles. The Morgan fingerprint density at radius 2 is 2.07 bits per heavy atom. The lowest BCUT2D eigenvalue weighted by atomic mass is 10.2. The third kappa shape index (κ3) is 4.26. The molecule has 2 N–H and O–H groups in total. The minimum absolute atomic E-state index is 0.334. The molecule has 1 aromatic carbocycles. The van der Waals surface area contributed by atoms with Gasteiger partial charge in [-0.05, 0) is 47.2 Å². The van der Waals surface area contributed by atoms with Crippen molar-refractivity contribution in [3.8, 4) is 22.2 Å². The molecule has 2 heterocycles. The minimum Gasteiger partial charge on any atom is -0.495 e. The van der Waals surface area contributed by atoms with Crippen LogP contribution in [-0.2, 0) is 6.54 Å². The van der Waals surface area contributed by atoms with E-state index in [2.05, 4.69) is 43.0 Å². The smallest absolute Gasteiger partial charge is 0.257 e. The third-order valence-electron chi connectivity index (χ3n) is 4.00. The Labute approximate surface area is 184 Å². The first-order valence-corrected chi connectivity index (χ1v) is 10.4. The zero-order valence-corrected chi connectivity index (χ0v) is 19.1. The summed E-state index contributed by atoms with van der Waals surface area (Å²) < 4.78 is 13.5. The van der Waals surface area contributed by atoms with E-state index in [0.717, 1.165) is 10.6 Å². The van der Waals surface area contributed by atoms with Crippen molar-refractivity contribution in [1.29, 1.82) is 0 Å². The molecule has 0 spiro atoms. The number of carbonyl (C=O) groups excluding carboxylic acids is 1. The monoisotopic (exact) mass is 495 g/mol. The summed E-state index contributed by atoms with van der Waals surface area (Å²) >= 11 is 9.97. The third-order valence-corrected chi connectivity index (χ3v) is 6.16. The lowest BCUT2D eigenvalue weighted by molar-refractivity contribution is 0.102. The Morgan fingerprint density at radius 3 is 2.66 bits per heavy atom. The molecule has 0 aliphatic carbocycles. The largest absolute Gasteiger partial charge is 0.495 e. The van der Waals surface area contributed by atoms with Crippen molar-refractivity contribution in [2.45, 2.75) is 13.5 Å². The van der Waals surface area contributed by atoms with Crippen molar-refractivity contribution in [2.75, 3.05) is 19.5 Å².